The molecule has 7 heteroatoms. The maximum absolute atomic E-state index is 12.4. The molecule has 0 spiro atoms. The molecule has 164 valence electrons. The van der Waals surface area contributed by atoms with Crippen molar-refractivity contribution >= 4 is 23.6 Å². The predicted octanol–water partition coefficient (Wildman–Crippen LogP) is 3.00. The largest absolute Gasteiger partial charge is 0.493 e. The normalized spacial score (nSPS) is 13.9. The van der Waals surface area contributed by atoms with Gasteiger partial charge in [-0.05, 0) is 36.8 Å². The molecule has 0 unspecified atom stereocenters. The van der Waals surface area contributed by atoms with Crippen LogP contribution in [0.5, 0.6) is 11.5 Å². The molecule has 0 aromatic heterocycles. The lowest BCUT2D eigenvalue weighted by atomic mass is 10.2. The van der Waals surface area contributed by atoms with E-state index >= 15 is 0 Å². The molecule has 0 N–H and O–H groups in total. The number of hydrogen-bond donors (Lipinski definition) is 0. The quantitative estimate of drug-likeness (QED) is 0.607. The first-order chi connectivity index (χ1) is 15.1. The number of carbonyl (C=O) groups is 2. The van der Waals surface area contributed by atoms with Gasteiger partial charge in [-0.1, -0.05) is 36.4 Å². The molecule has 31 heavy (non-hydrogen) atoms. The Balaban J connectivity index is 1.41. The van der Waals surface area contributed by atoms with Crippen LogP contribution in [0.25, 0.3) is 6.08 Å². The number of benzene rings is 2. The van der Waals surface area contributed by atoms with Crippen LogP contribution in [0.1, 0.15) is 12.5 Å². The topological polar surface area (TPSA) is 68.3 Å². The number of rotatable bonds is 8. The Morgan fingerprint density at radius 3 is 2.39 bits per heavy atom. The molecule has 7 nitrogen and oxygen atoms in total. The Labute approximate surface area is 182 Å². The first-order valence-corrected chi connectivity index (χ1v) is 10.3. The Bertz CT molecular complexity index is 905. The molecular formula is C24H28N2O5. The van der Waals surface area contributed by atoms with Gasteiger partial charge in [0, 0.05) is 31.9 Å². The smallest absolute Gasteiger partial charge is 0.344 e. The van der Waals surface area contributed by atoms with Crippen LogP contribution in [0, 0.1) is 0 Å². The van der Waals surface area contributed by atoms with E-state index in [2.05, 4.69) is 17.0 Å². The van der Waals surface area contributed by atoms with Gasteiger partial charge < -0.3 is 24.0 Å². The summed E-state index contributed by atoms with van der Waals surface area (Å²) in [4.78, 5) is 28.4. The van der Waals surface area contributed by atoms with Crippen molar-refractivity contribution < 1.29 is 23.8 Å². The van der Waals surface area contributed by atoms with Gasteiger partial charge in [0.15, 0.2) is 24.7 Å². The van der Waals surface area contributed by atoms with Gasteiger partial charge in [0.2, 0.25) is 0 Å². The minimum absolute atomic E-state index is 0.200. The highest BCUT2D eigenvalue weighted by Gasteiger charge is 2.22. The average Bonchev–Trinajstić information content (AvgIpc) is 2.82. The van der Waals surface area contributed by atoms with Gasteiger partial charge in [0.05, 0.1) is 7.11 Å². The number of para-hydroxylation sites is 1. The molecule has 0 aliphatic carbocycles. The number of anilines is 1. The molecule has 1 fully saturated rings. The summed E-state index contributed by atoms with van der Waals surface area (Å²) in [6.45, 7) is 4.03. The van der Waals surface area contributed by atoms with Crippen LogP contribution in [0.3, 0.4) is 0 Å². The number of hydrogen-bond acceptors (Lipinski definition) is 6. The zero-order valence-electron chi connectivity index (χ0n) is 18.0. The van der Waals surface area contributed by atoms with Crippen LogP contribution in [0.15, 0.2) is 54.6 Å². The molecule has 0 atom stereocenters. The summed E-state index contributed by atoms with van der Waals surface area (Å²) in [5, 5.41) is 0. The maximum atomic E-state index is 12.4. The van der Waals surface area contributed by atoms with Gasteiger partial charge in [-0.15, -0.1) is 0 Å². The van der Waals surface area contributed by atoms with E-state index in [0.29, 0.717) is 24.6 Å². The number of esters is 1. The number of amides is 1. The van der Waals surface area contributed by atoms with Crippen LogP contribution in [0.2, 0.25) is 0 Å². The van der Waals surface area contributed by atoms with E-state index < -0.39 is 5.97 Å². The van der Waals surface area contributed by atoms with Crippen LogP contribution in [-0.4, -0.2) is 63.3 Å². The van der Waals surface area contributed by atoms with Gasteiger partial charge in [0.25, 0.3) is 5.91 Å². The van der Waals surface area contributed by atoms with Crippen LogP contribution < -0.4 is 14.4 Å². The standard InChI is InChI=1S/C24H28N2O5/c1-3-7-19-10-11-21(22(16-19)29-2)30-18-24(28)31-17-23(27)26-14-12-25(13-15-26)20-8-5-4-6-9-20/h3-11,16H,12-15,17-18H2,1-2H3/b7-3+. The zero-order chi connectivity index (χ0) is 22.1. The van der Waals surface area contributed by atoms with E-state index in [1.807, 2.05) is 49.4 Å². The second-order valence-electron chi connectivity index (χ2n) is 7.06. The lowest BCUT2D eigenvalue weighted by molar-refractivity contribution is -0.153. The summed E-state index contributed by atoms with van der Waals surface area (Å²) in [6.07, 6.45) is 3.86. The second kappa shape index (κ2) is 11.1. The number of ether oxygens (including phenoxy) is 3. The fraction of sp³-hybridized carbons (Fsp3) is 0.333. The predicted molar refractivity (Wildman–Crippen MR) is 119 cm³/mol. The highest BCUT2D eigenvalue weighted by molar-refractivity contribution is 5.81. The Kier molecular flexibility index (Phi) is 7.92. The Hall–Kier alpha value is -3.48. The number of methoxy groups -OCH3 is 1. The SMILES string of the molecule is C/C=C/c1ccc(OCC(=O)OCC(=O)N2CCN(c3ccccc3)CC2)c(OC)c1. The van der Waals surface area contributed by atoms with E-state index in [-0.39, 0.29) is 19.1 Å². The van der Waals surface area contributed by atoms with E-state index in [4.69, 9.17) is 14.2 Å². The maximum Gasteiger partial charge on any atom is 0.344 e. The number of nitrogens with zero attached hydrogens (tertiary/aromatic N) is 2. The van der Waals surface area contributed by atoms with Gasteiger partial charge in [-0.3, -0.25) is 4.79 Å². The summed E-state index contributed by atoms with van der Waals surface area (Å²) in [5.41, 5.74) is 2.11. The molecular weight excluding hydrogens is 396 g/mol. The molecule has 1 aliphatic rings. The van der Waals surface area contributed by atoms with Crippen LogP contribution in [0.4, 0.5) is 5.69 Å². The van der Waals surface area contributed by atoms with Gasteiger partial charge in [-0.25, -0.2) is 4.79 Å². The molecule has 1 heterocycles. The molecule has 0 radical (unpaired) electrons. The van der Waals surface area contributed by atoms with Gasteiger partial charge in [0.1, 0.15) is 0 Å². The van der Waals surface area contributed by atoms with Crippen molar-refractivity contribution in [3.8, 4) is 11.5 Å². The molecule has 3 rings (SSSR count). The van der Waals surface area contributed by atoms with E-state index in [1.54, 1.807) is 11.0 Å². The van der Waals surface area contributed by atoms with E-state index in [9.17, 15) is 9.59 Å². The molecule has 2 aromatic rings. The van der Waals surface area contributed by atoms with Crippen molar-refractivity contribution in [1.82, 2.24) is 4.90 Å². The van der Waals surface area contributed by atoms with Crippen LogP contribution in [-0.2, 0) is 14.3 Å². The monoisotopic (exact) mass is 424 g/mol. The third kappa shape index (κ3) is 6.25. The number of carbonyl (C=O) groups excluding carboxylic acids is 2. The Morgan fingerprint density at radius 2 is 1.71 bits per heavy atom. The molecule has 1 amide bonds. The summed E-state index contributed by atoms with van der Waals surface area (Å²) >= 11 is 0. The number of allylic oxidation sites excluding steroid dienone is 1. The van der Waals surface area contributed by atoms with E-state index in [0.717, 1.165) is 24.3 Å². The third-order valence-electron chi connectivity index (χ3n) is 5.00. The van der Waals surface area contributed by atoms with Crippen LogP contribution >= 0.6 is 0 Å². The molecule has 0 bridgehead atoms. The third-order valence-corrected chi connectivity index (χ3v) is 5.00. The minimum Gasteiger partial charge on any atom is -0.493 e. The lowest BCUT2D eigenvalue weighted by Gasteiger charge is -2.36. The highest BCUT2D eigenvalue weighted by atomic mass is 16.6. The highest BCUT2D eigenvalue weighted by Crippen LogP contribution is 2.28. The van der Waals surface area contributed by atoms with E-state index in [1.165, 1.54) is 7.11 Å². The van der Waals surface area contributed by atoms with Gasteiger partial charge in [-0.2, -0.15) is 0 Å². The minimum atomic E-state index is -0.601. The van der Waals surface area contributed by atoms with Crippen molar-refractivity contribution in [3.05, 3.63) is 60.2 Å². The summed E-state index contributed by atoms with van der Waals surface area (Å²) in [6, 6.07) is 15.5. The zero-order valence-corrected chi connectivity index (χ0v) is 18.0. The fourth-order valence-corrected chi connectivity index (χ4v) is 3.36. The molecule has 1 saturated heterocycles. The fourth-order valence-electron chi connectivity index (χ4n) is 3.36. The van der Waals surface area contributed by atoms with Crippen molar-refractivity contribution in [2.45, 2.75) is 6.92 Å². The van der Waals surface area contributed by atoms with Crippen molar-refractivity contribution in [3.63, 3.8) is 0 Å². The first kappa shape index (κ1) is 22.2. The van der Waals surface area contributed by atoms with Crippen molar-refractivity contribution in [2.24, 2.45) is 0 Å². The first-order valence-electron chi connectivity index (χ1n) is 10.3. The lowest BCUT2D eigenvalue weighted by Crippen LogP contribution is -2.50. The van der Waals surface area contributed by atoms with Gasteiger partial charge >= 0.3 is 5.97 Å². The summed E-state index contributed by atoms with van der Waals surface area (Å²) in [5.74, 6) is 0.164. The van der Waals surface area contributed by atoms with Crippen molar-refractivity contribution in [1.29, 1.82) is 0 Å². The Morgan fingerprint density at radius 1 is 0.968 bits per heavy atom. The molecule has 0 saturated carbocycles. The number of piperazine rings is 1. The average molecular weight is 424 g/mol. The summed E-state index contributed by atoms with van der Waals surface area (Å²) < 4.78 is 15.9. The second-order valence-corrected chi connectivity index (χ2v) is 7.06. The summed E-state index contributed by atoms with van der Waals surface area (Å²) in [7, 11) is 1.54. The molecule has 1 aliphatic heterocycles. The molecule has 2 aromatic carbocycles. The van der Waals surface area contributed by atoms with Crippen molar-refractivity contribution in [2.75, 3.05) is 51.4 Å².